The molecule has 1 fully saturated rings. The van der Waals surface area contributed by atoms with Gasteiger partial charge in [0, 0.05) is 31.2 Å². The van der Waals surface area contributed by atoms with Crippen molar-refractivity contribution in [3.05, 3.63) is 54.0 Å². The summed E-state index contributed by atoms with van der Waals surface area (Å²) in [4.78, 5) is 13.9. The molecule has 1 aliphatic rings. The van der Waals surface area contributed by atoms with Crippen molar-refractivity contribution in [1.82, 2.24) is 15.0 Å². The second-order valence-electron chi connectivity index (χ2n) is 6.39. The predicted octanol–water partition coefficient (Wildman–Crippen LogP) is 3.49. The van der Waals surface area contributed by atoms with Crippen molar-refractivity contribution in [3.63, 3.8) is 0 Å². The summed E-state index contributed by atoms with van der Waals surface area (Å²) < 4.78 is 44.6. The number of halogens is 3. The van der Waals surface area contributed by atoms with E-state index in [0.717, 1.165) is 24.5 Å². The molecule has 3 aromatic rings. The van der Waals surface area contributed by atoms with Crippen LogP contribution in [0.5, 0.6) is 0 Å². The molecule has 0 spiro atoms. The Morgan fingerprint density at radius 1 is 1.04 bits per heavy atom. The molecule has 6 nitrogen and oxygen atoms in total. The number of para-hydroxylation sites is 1. The molecule has 9 heteroatoms. The molecule has 1 aromatic carbocycles. The van der Waals surface area contributed by atoms with Crippen molar-refractivity contribution >= 4 is 22.5 Å². The highest BCUT2D eigenvalue weighted by atomic mass is 19.4. The van der Waals surface area contributed by atoms with Gasteiger partial charge in [-0.3, -0.25) is 0 Å². The van der Waals surface area contributed by atoms with Crippen LogP contribution in [0.3, 0.4) is 0 Å². The lowest BCUT2D eigenvalue weighted by Gasteiger charge is -2.27. The van der Waals surface area contributed by atoms with E-state index in [9.17, 15) is 13.2 Å². The molecule has 0 unspecified atom stereocenters. The summed E-state index contributed by atoms with van der Waals surface area (Å²) in [6.45, 7) is 3.23. The largest absolute Gasteiger partial charge is 0.451 e. The van der Waals surface area contributed by atoms with Gasteiger partial charge in [0.15, 0.2) is 0 Å². The number of ether oxygens (including phenoxy) is 1. The fourth-order valence-electron chi connectivity index (χ4n) is 3.02. The Balaban J connectivity index is 1.53. The molecule has 0 amide bonds. The minimum atomic E-state index is -4.61. The van der Waals surface area contributed by atoms with Gasteiger partial charge in [-0.05, 0) is 23.8 Å². The molecule has 1 N–H and O–H groups in total. The fourth-order valence-corrected chi connectivity index (χ4v) is 3.02. The van der Waals surface area contributed by atoms with Crippen LogP contribution in [0.15, 0.2) is 42.6 Å². The SMILES string of the molecule is FC(F)(F)c1nc(NCc2ccc(N3CCOCC3)nc2)c2ccccc2n1. The van der Waals surface area contributed by atoms with E-state index in [4.69, 9.17) is 4.74 Å². The standard InChI is InChI=1S/C19H18F3N5O/c20-19(21,22)18-25-15-4-2-1-3-14(15)17(26-18)24-12-13-5-6-16(23-11-13)27-7-9-28-10-8-27/h1-6,11H,7-10,12H2,(H,24,25,26). The van der Waals surface area contributed by atoms with Crippen LogP contribution in [-0.2, 0) is 17.5 Å². The van der Waals surface area contributed by atoms with Crippen LogP contribution in [0.25, 0.3) is 10.9 Å². The number of hydrogen-bond acceptors (Lipinski definition) is 6. The van der Waals surface area contributed by atoms with Gasteiger partial charge in [-0.15, -0.1) is 0 Å². The number of nitrogens with one attached hydrogen (secondary N) is 1. The lowest BCUT2D eigenvalue weighted by Crippen LogP contribution is -2.36. The van der Waals surface area contributed by atoms with Crippen molar-refractivity contribution < 1.29 is 17.9 Å². The Morgan fingerprint density at radius 3 is 2.54 bits per heavy atom. The highest BCUT2D eigenvalue weighted by Crippen LogP contribution is 2.30. The lowest BCUT2D eigenvalue weighted by atomic mass is 10.2. The second kappa shape index (κ2) is 7.59. The van der Waals surface area contributed by atoms with Gasteiger partial charge in [0.2, 0.25) is 5.82 Å². The third-order valence-electron chi connectivity index (χ3n) is 4.46. The molecule has 2 aromatic heterocycles. The number of nitrogens with zero attached hydrogens (tertiary/aromatic N) is 4. The topological polar surface area (TPSA) is 63.2 Å². The van der Waals surface area contributed by atoms with E-state index in [1.54, 1.807) is 24.4 Å². The summed E-state index contributed by atoms with van der Waals surface area (Å²) in [5.74, 6) is -0.149. The quantitative estimate of drug-likeness (QED) is 0.737. The molecule has 0 bridgehead atoms. The van der Waals surface area contributed by atoms with Crippen molar-refractivity contribution in [2.75, 3.05) is 36.5 Å². The summed E-state index contributed by atoms with van der Waals surface area (Å²) in [5.41, 5.74) is 1.08. The maximum absolute atomic E-state index is 13.1. The first-order valence-corrected chi connectivity index (χ1v) is 8.86. The van der Waals surface area contributed by atoms with Crippen molar-refractivity contribution in [2.45, 2.75) is 12.7 Å². The van der Waals surface area contributed by atoms with E-state index >= 15 is 0 Å². The van der Waals surface area contributed by atoms with Gasteiger partial charge in [0.25, 0.3) is 0 Å². The zero-order valence-electron chi connectivity index (χ0n) is 14.9. The van der Waals surface area contributed by atoms with Gasteiger partial charge in [0.05, 0.1) is 18.7 Å². The molecular weight excluding hydrogens is 371 g/mol. The van der Waals surface area contributed by atoms with Crippen LogP contribution in [0.2, 0.25) is 0 Å². The number of morpholine rings is 1. The van der Waals surface area contributed by atoms with Crippen LogP contribution >= 0.6 is 0 Å². The van der Waals surface area contributed by atoms with Gasteiger partial charge in [-0.1, -0.05) is 18.2 Å². The minimum absolute atomic E-state index is 0.148. The maximum Gasteiger partial charge on any atom is 0.451 e. The van der Waals surface area contributed by atoms with Crippen LogP contribution in [0, 0.1) is 0 Å². The van der Waals surface area contributed by atoms with Crippen molar-refractivity contribution in [1.29, 1.82) is 0 Å². The Hall–Kier alpha value is -2.94. The minimum Gasteiger partial charge on any atom is -0.378 e. The predicted molar refractivity (Wildman–Crippen MR) is 99.1 cm³/mol. The third kappa shape index (κ3) is 3.99. The zero-order valence-corrected chi connectivity index (χ0v) is 14.9. The maximum atomic E-state index is 13.1. The van der Waals surface area contributed by atoms with E-state index < -0.39 is 12.0 Å². The monoisotopic (exact) mass is 389 g/mol. The molecule has 0 radical (unpaired) electrons. The first-order chi connectivity index (χ1) is 13.5. The van der Waals surface area contributed by atoms with Gasteiger partial charge in [-0.25, -0.2) is 15.0 Å². The molecule has 0 atom stereocenters. The van der Waals surface area contributed by atoms with E-state index in [2.05, 4.69) is 25.2 Å². The molecule has 3 heterocycles. The van der Waals surface area contributed by atoms with Crippen molar-refractivity contribution in [3.8, 4) is 0 Å². The summed E-state index contributed by atoms with van der Waals surface area (Å²) in [7, 11) is 0. The normalized spacial score (nSPS) is 15.0. The highest BCUT2D eigenvalue weighted by molar-refractivity contribution is 5.89. The molecule has 4 rings (SSSR count). The van der Waals surface area contributed by atoms with Crippen LogP contribution in [-0.4, -0.2) is 41.3 Å². The van der Waals surface area contributed by atoms with Gasteiger partial charge >= 0.3 is 6.18 Å². The van der Waals surface area contributed by atoms with Crippen LogP contribution in [0.4, 0.5) is 24.8 Å². The molecular formula is C19H18F3N5O. The summed E-state index contributed by atoms with van der Waals surface area (Å²) in [6.07, 6.45) is -2.90. The molecule has 28 heavy (non-hydrogen) atoms. The summed E-state index contributed by atoms with van der Waals surface area (Å²) in [5, 5.41) is 3.53. The molecule has 0 aliphatic carbocycles. The Kier molecular flexibility index (Phi) is 4.99. The van der Waals surface area contributed by atoms with Crippen LogP contribution < -0.4 is 10.2 Å². The number of aromatic nitrogens is 3. The number of alkyl halides is 3. The zero-order chi connectivity index (χ0) is 19.6. The average molecular weight is 389 g/mol. The van der Waals surface area contributed by atoms with Crippen molar-refractivity contribution in [2.24, 2.45) is 0 Å². The van der Waals surface area contributed by atoms with Gasteiger partial charge in [0.1, 0.15) is 11.6 Å². The van der Waals surface area contributed by atoms with Gasteiger partial charge in [-0.2, -0.15) is 13.2 Å². The van der Waals surface area contributed by atoms with Crippen LogP contribution in [0.1, 0.15) is 11.4 Å². The Bertz CT molecular complexity index is 956. The number of benzene rings is 1. The van der Waals surface area contributed by atoms with Gasteiger partial charge < -0.3 is 15.0 Å². The average Bonchev–Trinajstić information content (AvgIpc) is 2.72. The first kappa shape index (κ1) is 18.4. The van der Waals surface area contributed by atoms with E-state index in [-0.39, 0.29) is 11.3 Å². The smallest absolute Gasteiger partial charge is 0.378 e. The lowest BCUT2D eigenvalue weighted by molar-refractivity contribution is -0.144. The first-order valence-electron chi connectivity index (χ1n) is 8.86. The summed E-state index contributed by atoms with van der Waals surface area (Å²) in [6, 6.07) is 10.4. The molecule has 146 valence electrons. The number of fused-ring (bicyclic) bond motifs is 1. The number of hydrogen-bond donors (Lipinski definition) is 1. The molecule has 1 saturated heterocycles. The number of pyridine rings is 1. The second-order valence-corrected chi connectivity index (χ2v) is 6.39. The Morgan fingerprint density at radius 2 is 1.82 bits per heavy atom. The number of rotatable bonds is 4. The number of anilines is 2. The highest BCUT2D eigenvalue weighted by Gasteiger charge is 2.35. The summed E-state index contributed by atoms with van der Waals surface area (Å²) >= 11 is 0. The van der Waals surface area contributed by atoms with E-state index in [1.807, 2.05) is 12.1 Å². The Labute approximate surface area is 159 Å². The fraction of sp³-hybridized carbons (Fsp3) is 0.316. The van der Waals surface area contributed by atoms with E-state index in [0.29, 0.717) is 25.1 Å². The molecule has 0 saturated carbocycles. The van der Waals surface area contributed by atoms with E-state index in [1.165, 1.54) is 6.07 Å². The molecule has 1 aliphatic heterocycles. The third-order valence-corrected chi connectivity index (χ3v) is 4.46.